The molecule has 0 aliphatic carbocycles. The van der Waals surface area contributed by atoms with Crippen molar-refractivity contribution in [3.05, 3.63) is 0 Å². The Labute approximate surface area is 79.5 Å². The van der Waals surface area contributed by atoms with Crippen LogP contribution in [0, 0.1) is 5.92 Å². The lowest BCUT2D eigenvalue weighted by molar-refractivity contribution is 0.241. The summed E-state index contributed by atoms with van der Waals surface area (Å²) in [6, 6.07) is 0. The second kappa shape index (κ2) is 3.65. The van der Waals surface area contributed by atoms with Gasteiger partial charge in [-0.05, 0) is 5.92 Å². The van der Waals surface area contributed by atoms with Crippen molar-refractivity contribution in [2.75, 3.05) is 12.8 Å². The molecule has 0 N–H and O–H groups in total. The Hall–Kier alpha value is -0.580. The topological polar surface area (TPSA) is 49.7 Å². The first-order valence-electron chi connectivity index (χ1n) is 4.41. The molecule has 0 spiro atoms. The quantitative estimate of drug-likeness (QED) is 0.680. The molecule has 1 aliphatic heterocycles. The summed E-state index contributed by atoms with van der Waals surface area (Å²) in [6.07, 6.45) is 3.88. The minimum atomic E-state index is -3.04. The highest BCUT2D eigenvalue weighted by molar-refractivity contribution is 7.91. The average Bonchev–Trinajstić information content (AvgIpc) is 2.34. The minimum Gasteiger partial charge on any atom is -0.279 e. The zero-order valence-electron chi connectivity index (χ0n) is 8.27. The van der Waals surface area contributed by atoms with E-state index in [1.54, 1.807) is 11.2 Å². The summed E-state index contributed by atoms with van der Waals surface area (Å²) in [6.45, 7) is 4.52. The molecular formula is C8H16N2O2S. The first kappa shape index (κ1) is 10.5. The van der Waals surface area contributed by atoms with E-state index in [0.717, 1.165) is 13.0 Å². The Kier molecular flexibility index (Phi) is 2.95. The van der Waals surface area contributed by atoms with Gasteiger partial charge in [0.2, 0.25) is 0 Å². The molecule has 13 heavy (non-hydrogen) atoms. The smallest absolute Gasteiger partial charge is 0.170 e. The lowest BCUT2D eigenvalue weighted by Crippen LogP contribution is -2.40. The van der Waals surface area contributed by atoms with Gasteiger partial charge in [-0.25, -0.2) is 8.42 Å². The molecule has 0 saturated carbocycles. The van der Waals surface area contributed by atoms with Crippen LogP contribution in [0.1, 0.15) is 20.3 Å². The predicted molar refractivity (Wildman–Crippen MR) is 53.3 cm³/mol. The third kappa shape index (κ3) is 2.43. The SMILES string of the molecule is CC(C)C(N1CCC=N1)S(C)(=O)=O. The van der Waals surface area contributed by atoms with Crippen LogP contribution in [0.25, 0.3) is 0 Å². The number of nitrogens with zero attached hydrogens (tertiary/aromatic N) is 2. The molecule has 0 radical (unpaired) electrons. The molecule has 0 aromatic rings. The molecular weight excluding hydrogens is 188 g/mol. The average molecular weight is 204 g/mol. The van der Waals surface area contributed by atoms with Crippen LogP contribution in [0.4, 0.5) is 0 Å². The molecule has 0 fully saturated rings. The van der Waals surface area contributed by atoms with Gasteiger partial charge in [-0.15, -0.1) is 0 Å². The van der Waals surface area contributed by atoms with Crippen molar-refractivity contribution in [1.82, 2.24) is 5.01 Å². The largest absolute Gasteiger partial charge is 0.279 e. The molecule has 0 aromatic carbocycles. The molecule has 0 amide bonds. The molecule has 1 aliphatic rings. The minimum absolute atomic E-state index is 0.0743. The fraction of sp³-hybridized carbons (Fsp3) is 0.875. The van der Waals surface area contributed by atoms with Gasteiger partial charge < -0.3 is 0 Å². The highest BCUT2D eigenvalue weighted by atomic mass is 32.2. The highest BCUT2D eigenvalue weighted by Gasteiger charge is 2.31. The van der Waals surface area contributed by atoms with Crippen LogP contribution >= 0.6 is 0 Å². The van der Waals surface area contributed by atoms with Crippen LogP contribution in [-0.4, -0.2) is 37.8 Å². The zero-order valence-corrected chi connectivity index (χ0v) is 9.08. The molecule has 76 valence electrons. The molecule has 1 heterocycles. The standard InChI is InChI=1S/C8H16N2O2S/c1-7(2)8(13(3,11)12)10-6-4-5-9-10/h5,7-8H,4,6H2,1-3H3. The molecule has 4 nitrogen and oxygen atoms in total. The van der Waals surface area contributed by atoms with E-state index in [-0.39, 0.29) is 5.92 Å². The van der Waals surface area contributed by atoms with Crippen molar-refractivity contribution in [2.45, 2.75) is 25.6 Å². The molecule has 1 rings (SSSR count). The number of rotatable bonds is 3. The number of hydrogen-bond acceptors (Lipinski definition) is 4. The summed E-state index contributed by atoms with van der Waals surface area (Å²) in [7, 11) is -3.04. The number of hydrogen-bond donors (Lipinski definition) is 0. The van der Waals surface area contributed by atoms with Crippen molar-refractivity contribution >= 4 is 16.1 Å². The Morgan fingerprint density at radius 1 is 1.46 bits per heavy atom. The third-order valence-electron chi connectivity index (χ3n) is 2.02. The molecule has 1 unspecified atom stereocenters. The van der Waals surface area contributed by atoms with Gasteiger partial charge in [-0.3, -0.25) is 5.01 Å². The maximum atomic E-state index is 11.4. The fourth-order valence-electron chi connectivity index (χ4n) is 1.66. The van der Waals surface area contributed by atoms with Crippen molar-refractivity contribution in [1.29, 1.82) is 0 Å². The fourth-order valence-corrected chi connectivity index (χ4v) is 3.25. The van der Waals surface area contributed by atoms with Crippen molar-refractivity contribution in [3.8, 4) is 0 Å². The zero-order chi connectivity index (χ0) is 10.1. The van der Waals surface area contributed by atoms with Crippen LogP contribution in [-0.2, 0) is 9.84 Å². The van der Waals surface area contributed by atoms with Crippen LogP contribution < -0.4 is 0 Å². The Bertz CT molecular complexity index is 295. The molecule has 0 bridgehead atoms. The van der Waals surface area contributed by atoms with E-state index in [1.165, 1.54) is 6.26 Å². The molecule has 5 heteroatoms. The summed E-state index contributed by atoms with van der Waals surface area (Å²) in [5.41, 5.74) is 0. The summed E-state index contributed by atoms with van der Waals surface area (Å²) in [4.78, 5) is 0. The maximum absolute atomic E-state index is 11.4. The summed E-state index contributed by atoms with van der Waals surface area (Å²) in [5, 5.41) is 5.25. The second-order valence-corrected chi connectivity index (χ2v) is 5.86. The van der Waals surface area contributed by atoms with Gasteiger partial charge in [-0.2, -0.15) is 5.10 Å². The van der Waals surface area contributed by atoms with E-state index in [2.05, 4.69) is 5.10 Å². The summed E-state index contributed by atoms with van der Waals surface area (Å²) < 4.78 is 22.9. The lowest BCUT2D eigenvalue weighted by atomic mass is 10.2. The number of sulfone groups is 1. The van der Waals surface area contributed by atoms with Crippen LogP contribution in [0.3, 0.4) is 0 Å². The van der Waals surface area contributed by atoms with Crippen molar-refractivity contribution in [2.24, 2.45) is 11.0 Å². The highest BCUT2D eigenvalue weighted by Crippen LogP contribution is 2.19. The van der Waals surface area contributed by atoms with Gasteiger partial charge in [0.25, 0.3) is 0 Å². The van der Waals surface area contributed by atoms with Crippen LogP contribution in [0.5, 0.6) is 0 Å². The van der Waals surface area contributed by atoms with Gasteiger partial charge in [0, 0.05) is 25.4 Å². The summed E-state index contributed by atoms with van der Waals surface area (Å²) in [5.74, 6) is 0.0743. The first-order chi connectivity index (χ1) is 5.93. The van der Waals surface area contributed by atoms with Crippen molar-refractivity contribution < 1.29 is 8.42 Å². The van der Waals surface area contributed by atoms with E-state index in [4.69, 9.17) is 0 Å². The van der Waals surface area contributed by atoms with Crippen molar-refractivity contribution in [3.63, 3.8) is 0 Å². The van der Waals surface area contributed by atoms with Crippen LogP contribution in [0.15, 0.2) is 5.10 Å². The van der Waals surface area contributed by atoms with Gasteiger partial charge in [0.05, 0.1) is 0 Å². The van der Waals surface area contributed by atoms with E-state index in [1.807, 2.05) is 13.8 Å². The maximum Gasteiger partial charge on any atom is 0.170 e. The second-order valence-electron chi connectivity index (χ2n) is 3.71. The van der Waals surface area contributed by atoms with E-state index < -0.39 is 15.2 Å². The normalized spacial score (nSPS) is 19.8. The van der Waals surface area contributed by atoms with Gasteiger partial charge >= 0.3 is 0 Å². The van der Waals surface area contributed by atoms with E-state index >= 15 is 0 Å². The van der Waals surface area contributed by atoms with Gasteiger partial charge in [-0.1, -0.05) is 13.8 Å². The monoisotopic (exact) mass is 204 g/mol. The Morgan fingerprint density at radius 3 is 2.38 bits per heavy atom. The van der Waals surface area contributed by atoms with Crippen LogP contribution in [0.2, 0.25) is 0 Å². The molecule has 0 aromatic heterocycles. The van der Waals surface area contributed by atoms with Gasteiger partial charge in [0.1, 0.15) is 5.37 Å². The number of hydrazone groups is 1. The van der Waals surface area contributed by atoms with E-state index in [9.17, 15) is 8.42 Å². The molecule has 1 atom stereocenters. The predicted octanol–water partition coefficient (Wildman–Crippen LogP) is 0.705. The first-order valence-corrected chi connectivity index (χ1v) is 6.36. The summed E-state index contributed by atoms with van der Waals surface area (Å²) >= 11 is 0. The molecule has 0 saturated heterocycles. The third-order valence-corrected chi connectivity index (χ3v) is 3.69. The van der Waals surface area contributed by atoms with E-state index in [0.29, 0.717) is 0 Å². The van der Waals surface area contributed by atoms with Gasteiger partial charge in [0.15, 0.2) is 9.84 Å². The Balaban J connectivity index is 2.86. The lowest BCUT2D eigenvalue weighted by Gasteiger charge is -2.27. The Morgan fingerprint density at radius 2 is 2.08 bits per heavy atom.